The maximum absolute atomic E-state index is 15.4. The number of hydrogen-bond donors (Lipinski definition) is 0. The molecule has 0 aliphatic heterocycles. The molecule has 5 aromatic carbocycles. The molecule has 0 radical (unpaired) electrons. The predicted molar refractivity (Wildman–Crippen MR) is 164 cm³/mol. The van der Waals surface area contributed by atoms with Gasteiger partial charge in [-0.1, -0.05) is 20.1 Å². The topological polar surface area (TPSA) is 26.3 Å². The number of halogens is 21. The van der Waals surface area contributed by atoms with E-state index in [-0.39, 0.29) is 0 Å². The maximum Gasteiger partial charge on any atom is 0.253 e. The zero-order valence-electron chi connectivity index (χ0n) is 27.0. The highest BCUT2D eigenvalue weighted by molar-refractivity contribution is 9.10. The molecule has 0 saturated carbocycles. The molecule has 0 unspecified atom stereocenters. The SMILES string of the molecule is C[S+](C)(=O)Oc1ccc(Br)cc1.Fc1c(F)c(F)c([B-](c2c(F)c(F)c(F)c(F)c2F)(c2c(F)c(F)c(F)c(F)c2F)c2c(F)c(F)c(F)c(F)c2F)c(F)c1F. The lowest BCUT2D eigenvalue weighted by Gasteiger charge is -2.44. The Balaban J connectivity index is 0.000000512. The van der Waals surface area contributed by atoms with Gasteiger partial charge in [0.2, 0.25) is 0 Å². The number of rotatable bonds is 6. The van der Waals surface area contributed by atoms with Gasteiger partial charge in [-0.15, -0.1) is 21.9 Å². The monoisotopic (exact) mass is 928 g/mol. The van der Waals surface area contributed by atoms with Crippen LogP contribution in [0.1, 0.15) is 0 Å². The van der Waals surface area contributed by atoms with Gasteiger partial charge in [0.15, 0.2) is 75.6 Å². The summed E-state index contributed by atoms with van der Waals surface area (Å²) in [6.45, 7) is 0. The molecule has 0 atom stereocenters. The maximum atomic E-state index is 15.4. The van der Waals surface area contributed by atoms with Gasteiger partial charge in [-0.05, 0) is 24.3 Å². The molecule has 57 heavy (non-hydrogen) atoms. The molecule has 5 rings (SSSR count). The first-order chi connectivity index (χ1) is 26.2. The van der Waals surface area contributed by atoms with Gasteiger partial charge in [-0.3, -0.25) is 4.18 Å². The third-order valence-electron chi connectivity index (χ3n) is 7.82. The first-order valence-corrected chi connectivity index (χ1v) is 17.4. The second kappa shape index (κ2) is 15.9. The van der Waals surface area contributed by atoms with Gasteiger partial charge in [0.05, 0.1) is 0 Å². The van der Waals surface area contributed by atoms with Crippen LogP contribution in [0.25, 0.3) is 0 Å². The third-order valence-corrected chi connectivity index (χ3v) is 8.94. The van der Waals surface area contributed by atoms with Crippen LogP contribution in [0.15, 0.2) is 28.7 Å². The molecule has 25 heteroatoms. The highest BCUT2D eigenvalue weighted by atomic mass is 79.9. The lowest BCUT2D eigenvalue weighted by molar-refractivity contribution is 0.378. The van der Waals surface area contributed by atoms with E-state index >= 15 is 35.1 Å². The van der Waals surface area contributed by atoms with E-state index in [1.54, 1.807) is 24.6 Å². The Morgan fingerprint density at radius 3 is 0.719 bits per heavy atom. The summed E-state index contributed by atoms with van der Waals surface area (Å²) >= 11 is 3.30. The zero-order valence-corrected chi connectivity index (χ0v) is 29.5. The zero-order chi connectivity index (χ0) is 43.5. The van der Waals surface area contributed by atoms with Crippen molar-refractivity contribution in [3.63, 3.8) is 0 Å². The Morgan fingerprint density at radius 2 is 0.544 bits per heavy atom. The van der Waals surface area contributed by atoms with Crippen molar-refractivity contribution in [2.24, 2.45) is 0 Å². The summed E-state index contributed by atoms with van der Waals surface area (Å²) in [4.78, 5) is 0. The van der Waals surface area contributed by atoms with Crippen molar-refractivity contribution in [2.75, 3.05) is 12.5 Å². The van der Waals surface area contributed by atoms with Crippen LogP contribution in [0.2, 0.25) is 0 Å². The molecule has 0 saturated heterocycles. The third kappa shape index (κ3) is 7.31. The largest absolute Gasteiger partial charge is 0.287 e. The molecule has 2 nitrogen and oxygen atoms in total. The van der Waals surface area contributed by atoms with Gasteiger partial charge in [-0.25, -0.2) is 87.8 Å². The minimum Gasteiger partial charge on any atom is -0.287 e. The number of benzene rings is 5. The fourth-order valence-electron chi connectivity index (χ4n) is 5.60. The van der Waals surface area contributed by atoms with Crippen molar-refractivity contribution in [2.45, 2.75) is 0 Å². The van der Waals surface area contributed by atoms with E-state index in [9.17, 15) is 56.9 Å². The smallest absolute Gasteiger partial charge is 0.253 e. The van der Waals surface area contributed by atoms with E-state index < -0.39 is 155 Å². The van der Waals surface area contributed by atoms with Crippen LogP contribution >= 0.6 is 15.9 Å². The summed E-state index contributed by atoms with van der Waals surface area (Å²) in [5.74, 6) is -70.8. The second-order valence-electron chi connectivity index (χ2n) is 11.5. The van der Waals surface area contributed by atoms with Gasteiger partial charge in [-0.2, -0.15) is 0 Å². The van der Waals surface area contributed by atoms with Crippen LogP contribution in [0.3, 0.4) is 0 Å². The summed E-state index contributed by atoms with van der Waals surface area (Å²) in [5.41, 5.74) is -14.3. The molecule has 0 bridgehead atoms. The van der Waals surface area contributed by atoms with E-state index in [4.69, 9.17) is 4.18 Å². The van der Waals surface area contributed by atoms with E-state index in [1.165, 1.54) is 0 Å². The Labute approximate surface area is 313 Å². The summed E-state index contributed by atoms with van der Waals surface area (Å²) < 4.78 is 311. The van der Waals surface area contributed by atoms with Crippen molar-refractivity contribution >= 4 is 54.1 Å². The second-order valence-corrected chi connectivity index (χ2v) is 14.8. The molecular formula is C32H10BBrF20O2S. The summed E-state index contributed by atoms with van der Waals surface area (Å²) in [5, 5.41) is 0. The van der Waals surface area contributed by atoms with Crippen LogP contribution in [-0.2, 0) is 14.4 Å². The lowest BCUT2D eigenvalue weighted by Crippen LogP contribution is -2.81. The fourth-order valence-corrected chi connectivity index (χ4v) is 6.44. The lowest BCUT2D eigenvalue weighted by atomic mass is 9.12. The van der Waals surface area contributed by atoms with Crippen molar-refractivity contribution < 1.29 is 96.2 Å². The quantitative estimate of drug-likeness (QED) is 0.0564. The average Bonchev–Trinajstić information content (AvgIpc) is 3.15. The number of hydrogen-bond acceptors (Lipinski definition) is 2. The molecule has 0 amide bonds. The van der Waals surface area contributed by atoms with Crippen molar-refractivity contribution in [1.29, 1.82) is 0 Å². The minimum absolute atomic E-state index is 0.633. The normalized spacial score (nSPS) is 11.8. The Bertz CT molecular complexity index is 2130. The molecule has 0 N–H and O–H groups in total. The Hall–Kier alpha value is -4.81. The minimum atomic E-state index is -7.22. The van der Waals surface area contributed by atoms with E-state index in [1.807, 2.05) is 12.1 Å². The van der Waals surface area contributed by atoms with Gasteiger partial charge >= 0.3 is 0 Å². The van der Waals surface area contributed by atoms with Crippen LogP contribution in [0, 0.1) is 116 Å². The predicted octanol–water partition coefficient (Wildman–Crippen LogP) is 8.35. The standard InChI is InChI=1S/C24BF20.C8H10BrO2S/c26-5-1(6(27)14(35)21(42)13(5)34)25(2-7(28)15(36)22(43)16(37)8(2)29,3-9(30)17(38)23(44)18(39)10(3)31)4-11(32)19(40)24(45)20(41)12(4)33;1-12(2,10)11-8-5-3-7(9)4-6-8/h;3-6H,1-2H3/q-1;+1. The van der Waals surface area contributed by atoms with Crippen molar-refractivity contribution in [3.8, 4) is 5.75 Å². The summed E-state index contributed by atoms with van der Waals surface area (Å²) in [6, 6.07) is 7.24. The van der Waals surface area contributed by atoms with Gasteiger partial charge in [0.25, 0.3) is 10.2 Å². The van der Waals surface area contributed by atoms with Crippen LogP contribution in [-0.4, -0.2) is 18.7 Å². The van der Waals surface area contributed by atoms with Gasteiger partial charge < -0.3 is 0 Å². The first kappa shape index (κ1) is 44.9. The highest BCUT2D eigenvalue weighted by Crippen LogP contribution is 2.31. The van der Waals surface area contributed by atoms with Crippen molar-refractivity contribution in [3.05, 3.63) is 145 Å². The van der Waals surface area contributed by atoms with E-state index in [0.717, 1.165) is 4.47 Å². The summed E-state index contributed by atoms with van der Waals surface area (Å²) in [7, 11) is -2.16. The van der Waals surface area contributed by atoms with Crippen LogP contribution in [0.4, 0.5) is 87.8 Å². The molecule has 0 aliphatic carbocycles. The fraction of sp³-hybridized carbons (Fsp3) is 0.0625. The molecule has 0 aliphatic rings. The summed E-state index contributed by atoms with van der Waals surface area (Å²) in [6.07, 6.45) is -4.09. The Morgan fingerprint density at radius 1 is 0.368 bits per heavy atom. The molecule has 5 aromatic rings. The van der Waals surface area contributed by atoms with Crippen molar-refractivity contribution in [1.82, 2.24) is 0 Å². The van der Waals surface area contributed by atoms with Crippen LogP contribution < -0.4 is 26.0 Å². The molecular weight excluding hydrogens is 919 g/mol. The molecule has 306 valence electrons. The average molecular weight is 929 g/mol. The molecule has 0 fully saturated rings. The molecule has 0 aromatic heterocycles. The highest BCUT2D eigenvalue weighted by Gasteiger charge is 2.52. The van der Waals surface area contributed by atoms with E-state index in [2.05, 4.69) is 15.9 Å². The van der Waals surface area contributed by atoms with Crippen LogP contribution in [0.5, 0.6) is 5.75 Å². The van der Waals surface area contributed by atoms with E-state index in [0.29, 0.717) is 5.75 Å². The molecule has 0 heterocycles. The van der Waals surface area contributed by atoms with Gasteiger partial charge in [0, 0.05) is 4.47 Å². The first-order valence-electron chi connectivity index (χ1n) is 14.3. The van der Waals surface area contributed by atoms with Gasteiger partial charge in [0.1, 0.15) is 65.2 Å². The molecule has 0 spiro atoms. The Kier molecular flexibility index (Phi) is 12.5.